The van der Waals surface area contributed by atoms with Crippen molar-refractivity contribution in [3.8, 4) is 0 Å². The average molecular weight is 285 g/mol. The van der Waals surface area contributed by atoms with Crippen LogP contribution in [0.25, 0.3) is 0 Å². The molecule has 1 N–H and O–H groups in total. The van der Waals surface area contributed by atoms with E-state index >= 15 is 0 Å². The summed E-state index contributed by atoms with van der Waals surface area (Å²) >= 11 is 3.53. The first-order valence-electron chi connectivity index (χ1n) is 5.81. The van der Waals surface area contributed by atoms with Crippen LogP contribution in [0.15, 0.2) is 22.8 Å². The monoisotopic (exact) mass is 284 g/mol. The number of aliphatic hydroxyl groups is 1. The first-order chi connectivity index (χ1) is 7.83. The lowest BCUT2D eigenvalue weighted by atomic mass is 10.1. The van der Waals surface area contributed by atoms with Crippen molar-refractivity contribution in [2.75, 3.05) is 18.1 Å². The normalized spacial score (nSPS) is 21.9. The van der Waals surface area contributed by atoms with E-state index in [9.17, 15) is 5.11 Å². The first kappa shape index (κ1) is 11.9. The second-order valence-corrected chi connectivity index (χ2v) is 5.04. The highest BCUT2D eigenvalue weighted by atomic mass is 79.9. The zero-order valence-electron chi connectivity index (χ0n) is 9.27. The van der Waals surface area contributed by atoms with Gasteiger partial charge in [-0.2, -0.15) is 0 Å². The van der Waals surface area contributed by atoms with Crippen molar-refractivity contribution < 1.29 is 5.11 Å². The maximum absolute atomic E-state index is 9.45. The lowest BCUT2D eigenvalue weighted by molar-refractivity contribution is 0.254. The fraction of sp³-hybridized carbons (Fsp3) is 0.583. The summed E-state index contributed by atoms with van der Waals surface area (Å²) in [5.41, 5.74) is 0. The Kier molecular flexibility index (Phi) is 4.18. The van der Waals surface area contributed by atoms with E-state index in [0.717, 1.165) is 23.3 Å². The highest BCUT2D eigenvalue weighted by Gasteiger charge is 2.22. The predicted molar refractivity (Wildman–Crippen MR) is 68.6 cm³/mol. The Morgan fingerprint density at radius 1 is 1.44 bits per heavy atom. The summed E-state index contributed by atoms with van der Waals surface area (Å²) in [6.07, 6.45) is 6.49. The minimum atomic E-state index is 0.211. The fourth-order valence-corrected chi connectivity index (χ4v) is 2.72. The van der Waals surface area contributed by atoms with Crippen molar-refractivity contribution in [3.63, 3.8) is 0 Å². The van der Waals surface area contributed by atoms with Crippen molar-refractivity contribution in [3.05, 3.63) is 22.8 Å². The Hall–Kier alpha value is -0.610. The Morgan fingerprint density at radius 2 is 2.31 bits per heavy atom. The van der Waals surface area contributed by atoms with E-state index in [1.165, 1.54) is 19.3 Å². The lowest BCUT2D eigenvalue weighted by Gasteiger charge is -2.30. The van der Waals surface area contributed by atoms with Gasteiger partial charge in [-0.1, -0.05) is 12.8 Å². The zero-order chi connectivity index (χ0) is 11.4. The van der Waals surface area contributed by atoms with Gasteiger partial charge in [0.2, 0.25) is 0 Å². The molecular formula is C12H17BrN2O. The molecule has 4 heteroatoms. The van der Waals surface area contributed by atoms with Gasteiger partial charge in [0.05, 0.1) is 17.1 Å². The molecule has 0 aliphatic carbocycles. The lowest BCUT2D eigenvalue weighted by Crippen LogP contribution is -2.38. The standard InChI is InChI=1S/C12H17BrN2O/c13-11-6-4-7-14-12(11)15-8-3-1-2-5-10(15)9-16/h4,6-7,10,16H,1-3,5,8-9H2. The van der Waals surface area contributed by atoms with E-state index in [1.54, 1.807) is 6.20 Å². The molecule has 2 rings (SSSR count). The third kappa shape index (κ3) is 2.55. The van der Waals surface area contributed by atoms with Gasteiger partial charge in [0.1, 0.15) is 5.82 Å². The molecule has 88 valence electrons. The highest BCUT2D eigenvalue weighted by Crippen LogP contribution is 2.28. The summed E-state index contributed by atoms with van der Waals surface area (Å²) in [6, 6.07) is 4.13. The van der Waals surface area contributed by atoms with Crippen molar-refractivity contribution >= 4 is 21.7 Å². The van der Waals surface area contributed by atoms with Crippen molar-refractivity contribution in [1.82, 2.24) is 4.98 Å². The van der Waals surface area contributed by atoms with Gasteiger partial charge in [-0.25, -0.2) is 4.98 Å². The van der Waals surface area contributed by atoms with Crippen LogP contribution in [0.3, 0.4) is 0 Å². The van der Waals surface area contributed by atoms with Crippen LogP contribution in [0.4, 0.5) is 5.82 Å². The molecular weight excluding hydrogens is 268 g/mol. The molecule has 3 nitrogen and oxygen atoms in total. The van der Waals surface area contributed by atoms with Gasteiger partial charge in [0.25, 0.3) is 0 Å². The maximum atomic E-state index is 9.45. The second kappa shape index (κ2) is 5.64. The fourth-order valence-electron chi connectivity index (χ4n) is 2.23. The van der Waals surface area contributed by atoms with Crippen molar-refractivity contribution in [2.45, 2.75) is 31.7 Å². The molecule has 1 saturated heterocycles. The maximum Gasteiger partial charge on any atom is 0.143 e. The van der Waals surface area contributed by atoms with E-state index in [1.807, 2.05) is 12.1 Å². The third-order valence-corrected chi connectivity index (χ3v) is 3.72. The van der Waals surface area contributed by atoms with E-state index in [-0.39, 0.29) is 12.6 Å². The molecule has 1 unspecified atom stereocenters. The molecule has 1 atom stereocenters. The molecule has 1 fully saturated rings. The molecule has 0 bridgehead atoms. The topological polar surface area (TPSA) is 36.4 Å². The highest BCUT2D eigenvalue weighted by molar-refractivity contribution is 9.10. The molecule has 1 aliphatic rings. The van der Waals surface area contributed by atoms with Crippen LogP contribution in [0, 0.1) is 0 Å². The summed E-state index contributed by atoms with van der Waals surface area (Å²) in [6.45, 7) is 1.20. The van der Waals surface area contributed by atoms with Gasteiger partial charge >= 0.3 is 0 Å². The summed E-state index contributed by atoms with van der Waals surface area (Å²) in [4.78, 5) is 6.64. The molecule has 0 saturated carbocycles. The van der Waals surface area contributed by atoms with Gasteiger partial charge in [-0.15, -0.1) is 0 Å². The number of halogens is 1. The Morgan fingerprint density at radius 3 is 3.06 bits per heavy atom. The number of nitrogens with zero attached hydrogens (tertiary/aromatic N) is 2. The summed E-state index contributed by atoms with van der Waals surface area (Å²) < 4.78 is 1.01. The minimum absolute atomic E-state index is 0.211. The van der Waals surface area contributed by atoms with Crippen molar-refractivity contribution in [2.24, 2.45) is 0 Å². The van der Waals surface area contributed by atoms with E-state index in [2.05, 4.69) is 25.8 Å². The van der Waals surface area contributed by atoms with Crippen LogP contribution in [-0.2, 0) is 0 Å². The number of aromatic nitrogens is 1. The largest absolute Gasteiger partial charge is 0.394 e. The molecule has 0 amide bonds. The molecule has 0 radical (unpaired) electrons. The van der Waals surface area contributed by atoms with Crippen LogP contribution in [0.5, 0.6) is 0 Å². The van der Waals surface area contributed by atoms with Crippen LogP contribution in [-0.4, -0.2) is 29.3 Å². The molecule has 1 aliphatic heterocycles. The SMILES string of the molecule is OCC1CCCCCN1c1ncccc1Br. The number of rotatable bonds is 2. The van der Waals surface area contributed by atoms with Crippen LogP contribution < -0.4 is 4.90 Å². The molecule has 1 aromatic heterocycles. The number of pyridine rings is 1. The quantitative estimate of drug-likeness (QED) is 0.907. The zero-order valence-corrected chi connectivity index (χ0v) is 10.9. The minimum Gasteiger partial charge on any atom is -0.394 e. The van der Waals surface area contributed by atoms with Crippen LogP contribution in [0.1, 0.15) is 25.7 Å². The average Bonchev–Trinajstić information content (AvgIpc) is 2.54. The van der Waals surface area contributed by atoms with Gasteiger partial charge in [0.15, 0.2) is 0 Å². The van der Waals surface area contributed by atoms with Gasteiger partial charge < -0.3 is 10.0 Å². The van der Waals surface area contributed by atoms with E-state index in [4.69, 9.17) is 0 Å². The summed E-state index contributed by atoms with van der Waals surface area (Å²) in [7, 11) is 0. The van der Waals surface area contributed by atoms with Crippen molar-refractivity contribution in [1.29, 1.82) is 0 Å². The number of anilines is 1. The van der Waals surface area contributed by atoms with Gasteiger partial charge in [-0.3, -0.25) is 0 Å². The summed E-state index contributed by atoms with van der Waals surface area (Å²) in [5.74, 6) is 0.962. The second-order valence-electron chi connectivity index (χ2n) is 4.19. The Balaban J connectivity index is 2.25. The third-order valence-electron chi connectivity index (χ3n) is 3.10. The van der Waals surface area contributed by atoms with Gasteiger partial charge in [0, 0.05) is 12.7 Å². The molecule has 0 spiro atoms. The van der Waals surface area contributed by atoms with E-state index < -0.39 is 0 Å². The molecule has 0 aromatic carbocycles. The van der Waals surface area contributed by atoms with Crippen LogP contribution in [0.2, 0.25) is 0 Å². The molecule has 1 aromatic rings. The predicted octanol–water partition coefficient (Wildman–Crippen LogP) is 2.59. The first-order valence-corrected chi connectivity index (χ1v) is 6.60. The number of aliphatic hydroxyl groups excluding tert-OH is 1. The molecule has 16 heavy (non-hydrogen) atoms. The number of hydrogen-bond acceptors (Lipinski definition) is 3. The smallest absolute Gasteiger partial charge is 0.143 e. The van der Waals surface area contributed by atoms with Gasteiger partial charge in [-0.05, 0) is 40.9 Å². The van der Waals surface area contributed by atoms with E-state index in [0.29, 0.717) is 0 Å². The Bertz CT molecular complexity index is 346. The summed E-state index contributed by atoms with van der Waals surface area (Å²) in [5, 5.41) is 9.45. The number of hydrogen-bond donors (Lipinski definition) is 1. The Labute approximate surface area is 105 Å². The van der Waals surface area contributed by atoms with Crippen LogP contribution >= 0.6 is 15.9 Å². The molecule has 2 heterocycles.